The first-order valence-electron chi connectivity index (χ1n) is 6.64. The number of anilines is 2. The van der Waals surface area contributed by atoms with Crippen LogP contribution in [0.15, 0.2) is 41.8 Å². The molecule has 0 aliphatic carbocycles. The number of carbonyl (C=O) groups excluding carboxylic acids is 2. The Balaban J connectivity index is 1.82. The molecule has 1 aromatic carbocycles. The maximum absolute atomic E-state index is 11.7. The Morgan fingerprint density at radius 1 is 1.05 bits per heavy atom. The third kappa shape index (κ3) is 4.92. The highest BCUT2D eigenvalue weighted by Gasteiger charge is 2.03. The van der Waals surface area contributed by atoms with E-state index in [1.54, 1.807) is 42.5 Å². The van der Waals surface area contributed by atoms with Gasteiger partial charge in [0.25, 0.3) is 0 Å². The van der Waals surface area contributed by atoms with Crippen molar-refractivity contribution in [1.82, 2.24) is 5.32 Å². The molecule has 0 bridgehead atoms. The number of nitrogens with one attached hydrogen (secondary N) is 3. The van der Waals surface area contributed by atoms with Crippen LogP contribution in [-0.4, -0.2) is 11.9 Å². The number of rotatable bonds is 5. The highest BCUT2D eigenvalue weighted by Crippen LogP contribution is 2.14. The number of amides is 3. The monoisotopic (exact) mass is 303 g/mol. The summed E-state index contributed by atoms with van der Waals surface area (Å²) in [6, 6.07) is 10.7. The largest absolute Gasteiger partial charge is 0.333 e. The molecule has 6 heteroatoms. The summed E-state index contributed by atoms with van der Waals surface area (Å²) in [7, 11) is 0. The van der Waals surface area contributed by atoms with Crippen molar-refractivity contribution in [3.8, 4) is 0 Å². The molecule has 0 aliphatic rings. The van der Waals surface area contributed by atoms with E-state index in [1.165, 1.54) is 0 Å². The van der Waals surface area contributed by atoms with Crippen LogP contribution < -0.4 is 16.0 Å². The van der Waals surface area contributed by atoms with Gasteiger partial charge in [-0.05, 0) is 35.7 Å². The van der Waals surface area contributed by atoms with Crippen LogP contribution in [0.1, 0.15) is 18.2 Å². The molecule has 2 rings (SSSR count). The molecule has 0 unspecified atom stereocenters. The summed E-state index contributed by atoms with van der Waals surface area (Å²) < 4.78 is 0. The van der Waals surface area contributed by atoms with E-state index in [0.717, 1.165) is 4.88 Å². The average molecular weight is 303 g/mol. The van der Waals surface area contributed by atoms with Crippen LogP contribution in [0.4, 0.5) is 16.2 Å². The summed E-state index contributed by atoms with van der Waals surface area (Å²) in [5.74, 6) is -0.0376. The topological polar surface area (TPSA) is 70.2 Å². The Kier molecular flexibility index (Phi) is 5.34. The van der Waals surface area contributed by atoms with E-state index < -0.39 is 0 Å². The van der Waals surface area contributed by atoms with E-state index >= 15 is 0 Å². The molecule has 0 aliphatic heterocycles. The maximum atomic E-state index is 11.7. The van der Waals surface area contributed by atoms with Gasteiger partial charge in [-0.2, -0.15) is 0 Å². The standard InChI is InChI=1S/C15H17N3O2S/c1-2-14(19)17-11-5-7-12(8-6-11)18-15(20)16-10-13-4-3-9-21-13/h3-9H,2,10H2,1H3,(H,17,19)(H2,16,18,20). The van der Waals surface area contributed by atoms with Gasteiger partial charge in [0.1, 0.15) is 0 Å². The molecule has 0 atom stereocenters. The predicted octanol–water partition coefficient (Wildman–Crippen LogP) is 3.42. The Hall–Kier alpha value is -2.34. The average Bonchev–Trinajstić information content (AvgIpc) is 3.00. The molecule has 0 radical (unpaired) electrons. The number of thiophene rings is 1. The lowest BCUT2D eigenvalue weighted by molar-refractivity contribution is -0.115. The van der Waals surface area contributed by atoms with Gasteiger partial charge < -0.3 is 16.0 Å². The number of hydrogen-bond donors (Lipinski definition) is 3. The Morgan fingerprint density at radius 3 is 2.29 bits per heavy atom. The van der Waals surface area contributed by atoms with Crippen LogP contribution in [0.5, 0.6) is 0 Å². The third-order valence-electron chi connectivity index (χ3n) is 2.75. The van der Waals surface area contributed by atoms with Crippen LogP contribution in [0.25, 0.3) is 0 Å². The van der Waals surface area contributed by atoms with Gasteiger partial charge in [0.15, 0.2) is 0 Å². The molecule has 2 aromatic rings. The fourth-order valence-electron chi connectivity index (χ4n) is 1.64. The molecular weight excluding hydrogens is 286 g/mol. The zero-order valence-corrected chi connectivity index (χ0v) is 12.5. The van der Waals surface area contributed by atoms with Crippen molar-refractivity contribution in [3.05, 3.63) is 46.7 Å². The third-order valence-corrected chi connectivity index (χ3v) is 3.63. The Bertz CT molecular complexity index is 594. The summed E-state index contributed by atoms with van der Waals surface area (Å²) in [5, 5.41) is 10.2. The van der Waals surface area contributed by atoms with E-state index in [0.29, 0.717) is 24.3 Å². The number of benzene rings is 1. The van der Waals surface area contributed by atoms with Gasteiger partial charge in [0, 0.05) is 22.7 Å². The van der Waals surface area contributed by atoms with Crippen LogP contribution in [0, 0.1) is 0 Å². The molecule has 3 amide bonds. The fourth-order valence-corrected chi connectivity index (χ4v) is 2.29. The van der Waals surface area contributed by atoms with Crippen molar-refractivity contribution in [2.24, 2.45) is 0 Å². The zero-order chi connectivity index (χ0) is 15.1. The van der Waals surface area contributed by atoms with Crippen molar-refractivity contribution in [2.75, 3.05) is 10.6 Å². The minimum atomic E-state index is -0.256. The predicted molar refractivity (Wildman–Crippen MR) is 85.5 cm³/mol. The second-order valence-electron chi connectivity index (χ2n) is 4.37. The molecule has 3 N–H and O–H groups in total. The van der Waals surface area contributed by atoms with Gasteiger partial charge in [-0.3, -0.25) is 4.79 Å². The quantitative estimate of drug-likeness (QED) is 0.792. The molecule has 0 fully saturated rings. The first-order valence-corrected chi connectivity index (χ1v) is 7.52. The Morgan fingerprint density at radius 2 is 1.71 bits per heavy atom. The van der Waals surface area contributed by atoms with Crippen molar-refractivity contribution in [1.29, 1.82) is 0 Å². The van der Waals surface area contributed by atoms with Crippen molar-refractivity contribution < 1.29 is 9.59 Å². The first kappa shape index (κ1) is 15.1. The number of urea groups is 1. The molecular formula is C15H17N3O2S. The lowest BCUT2D eigenvalue weighted by atomic mass is 10.2. The van der Waals surface area contributed by atoms with E-state index in [2.05, 4.69) is 16.0 Å². The highest BCUT2D eigenvalue weighted by atomic mass is 32.1. The summed E-state index contributed by atoms with van der Waals surface area (Å²) in [6.07, 6.45) is 0.436. The normalized spacial score (nSPS) is 9.95. The zero-order valence-electron chi connectivity index (χ0n) is 11.7. The van der Waals surface area contributed by atoms with Gasteiger partial charge in [-0.15, -0.1) is 11.3 Å². The summed E-state index contributed by atoms with van der Waals surface area (Å²) in [6.45, 7) is 2.30. The van der Waals surface area contributed by atoms with Crippen LogP contribution in [-0.2, 0) is 11.3 Å². The van der Waals surface area contributed by atoms with Crippen LogP contribution in [0.3, 0.4) is 0 Å². The van der Waals surface area contributed by atoms with E-state index in [4.69, 9.17) is 0 Å². The smallest absolute Gasteiger partial charge is 0.319 e. The molecule has 0 spiro atoms. The van der Waals surface area contributed by atoms with Crippen molar-refractivity contribution in [3.63, 3.8) is 0 Å². The van der Waals surface area contributed by atoms with E-state index in [1.807, 2.05) is 17.5 Å². The lowest BCUT2D eigenvalue weighted by Gasteiger charge is -2.08. The van der Waals surface area contributed by atoms with Gasteiger partial charge in [0.2, 0.25) is 5.91 Å². The highest BCUT2D eigenvalue weighted by molar-refractivity contribution is 7.09. The van der Waals surface area contributed by atoms with Gasteiger partial charge >= 0.3 is 6.03 Å². The second-order valence-corrected chi connectivity index (χ2v) is 5.40. The van der Waals surface area contributed by atoms with Crippen molar-refractivity contribution in [2.45, 2.75) is 19.9 Å². The molecule has 110 valence electrons. The van der Waals surface area contributed by atoms with Crippen LogP contribution in [0.2, 0.25) is 0 Å². The summed E-state index contributed by atoms with van der Waals surface area (Å²) in [4.78, 5) is 24.1. The first-order chi connectivity index (χ1) is 10.2. The molecule has 1 aromatic heterocycles. The molecule has 21 heavy (non-hydrogen) atoms. The van der Waals surface area contributed by atoms with E-state index in [-0.39, 0.29) is 11.9 Å². The maximum Gasteiger partial charge on any atom is 0.319 e. The molecule has 0 saturated carbocycles. The fraction of sp³-hybridized carbons (Fsp3) is 0.200. The summed E-state index contributed by atoms with van der Waals surface area (Å²) in [5.41, 5.74) is 1.39. The van der Waals surface area contributed by atoms with Gasteiger partial charge in [0.05, 0.1) is 6.54 Å². The SMILES string of the molecule is CCC(=O)Nc1ccc(NC(=O)NCc2cccs2)cc1. The molecule has 5 nitrogen and oxygen atoms in total. The number of hydrogen-bond acceptors (Lipinski definition) is 3. The van der Waals surface area contributed by atoms with Crippen LogP contribution >= 0.6 is 11.3 Å². The minimum absolute atomic E-state index is 0.0376. The van der Waals surface area contributed by atoms with Crippen molar-refractivity contribution >= 4 is 34.6 Å². The second kappa shape index (κ2) is 7.44. The Labute approximate surface area is 127 Å². The summed E-state index contributed by atoms with van der Waals surface area (Å²) >= 11 is 1.60. The van der Waals surface area contributed by atoms with Gasteiger partial charge in [-0.25, -0.2) is 4.79 Å². The minimum Gasteiger partial charge on any atom is -0.333 e. The molecule has 0 saturated heterocycles. The van der Waals surface area contributed by atoms with E-state index in [9.17, 15) is 9.59 Å². The number of carbonyl (C=O) groups is 2. The molecule has 1 heterocycles. The lowest BCUT2D eigenvalue weighted by Crippen LogP contribution is -2.27. The van der Waals surface area contributed by atoms with Gasteiger partial charge in [-0.1, -0.05) is 13.0 Å².